The van der Waals surface area contributed by atoms with Crippen LogP contribution >= 0.6 is 11.8 Å². The van der Waals surface area contributed by atoms with E-state index in [0.29, 0.717) is 5.75 Å². The Morgan fingerprint density at radius 3 is 3.14 bits per heavy atom. The van der Waals surface area contributed by atoms with E-state index in [2.05, 4.69) is 11.9 Å². The van der Waals surface area contributed by atoms with Gasteiger partial charge >= 0.3 is 5.97 Å². The monoisotopic (exact) mass is 214 g/mol. The van der Waals surface area contributed by atoms with Crippen LogP contribution in [0.3, 0.4) is 0 Å². The topological polar surface area (TPSA) is 55.1 Å². The van der Waals surface area contributed by atoms with Gasteiger partial charge in [0.1, 0.15) is 0 Å². The quantitative estimate of drug-likeness (QED) is 0.734. The molecule has 0 spiro atoms. The highest BCUT2D eigenvalue weighted by atomic mass is 32.2. The molecule has 1 aromatic rings. The van der Waals surface area contributed by atoms with Gasteiger partial charge < -0.3 is 9.67 Å². The number of aromatic nitrogens is 2. The lowest BCUT2D eigenvalue weighted by Crippen LogP contribution is -2.00. The summed E-state index contributed by atoms with van der Waals surface area (Å²) in [6.45, 7) is 3.04. The predicted octanol–water partition coefficient (Wildman–Crippen LogP) is 1.86. The Balaban J connectivity index is 2.41. The lowest BCUT2D eigenvalue weighted by Gasteiger charge is -2.04. The molecule has 0 saturated carbocycles. The minimum Gasteiger partial charge on any atom is -0.481 e. The second-order valence-electron chi connectivity index (χ2n) is 2.90. The molecule has 0 atom stereocenters. The van der Waals surface area contributed by atoms with Gasteiger partial charge in [-0.1, -0.05) is 18.7 Å². The summed E-state index contributed by atoms with van der Waals surface area (Å²) in [6, 6.07) is 0. The van der Waals surface area contributed by atoms with Crippen molar-refractivity contribution in [3.8, 4) is 0 Å². The van der Waals surface area contributed by atoms with Crippen LogP contribution in [0, 0.1) is 0 Å². The maximum Gasteiger partial charge on any atom is 0.304 e. The van der Waals surface area contributed by atoms with Crippen molar-refractivity contribution in [1.82, 2.24) is 9.55 Å². The molecule has 0 unspecified atom stereocenters. The summed E-state index contributed by atoms with van der Waals surface area (Å²) in [5, 5.41) is 9.38. The molecule has 1 rings (SSSR count). The van der Waals surface area contributed by atoms with Crippen molar-refractivity contribution >= 4 is 17.7 Å². The van der Waals surface area contributed by atoms with Crippen molar-refractivity contribution in [3.63, 3.8) is 0 Å². The number of carboxylic acids is 1. The maximum atomic E-state index is 10.3. The van der Waals surface area contributed by atoms with Gasteiger partial charge in [0.15, 0.2) is 5.16 Å². The lowest BCUT2D eigenvalue weighted by atomic mass is 10.5. The second kappa shape index (κ2) is 5.70. The zero-order chi connectivity index (χ0) is 10.4. The third-order valence-electron chi connectivity index (χ3n) is 1.69. The highest BCUT2D eigenvalue weighted by molar-refractivity contribution is 7.99. The van der Waals surface area contributed by atoms with Crippen molar-refractivity contribution in [2.24, 2.45) is 0 Å². The normalized spacial score (nSPS) is 10.4. The molecular formula is C9H14N2O2S. The highest BCUT2D eigenvalue weighted by Gasteiger charge is 2.03. The van der Waals surface area contributed by atoms with E-state index >= 15 is 0 Å². The van der Waals surface area contributed by atoms with E-state index in [1.807, 2.05) is 10.8 Å². The van der Waals surface area contributed by atoms with Crippen molar-refractivity contribution in [1.29, 1.82) is 0 Å². The number of rotatable bonds is 6. The van der Waals surface area contributed by atoms with Crippen LogP contribution in [0.1, 0.15) is 19.8 Å². The summed E-state index contributed by atoms with van der Waals surface area (Å²) >= 11 is 1.49. The summed E-state index contributed by atoms with van der Waals surface area (Å²) in [7, 11) is 0. The van der Waals surface area contributed by atoms with Crippen LogP contribution in [0.2, 0.25) is 0 Å². The predicted molar refractivity (Wildman–Crippen MR) is 55.5 cm³/mol. The molecule has 0 radical (unpaired) electrons. The first-order valence-corrected chi connectivity index (χ1v) is 5.58. The number of aryl methyl sites for hydroxylation is 1. The average Bonchev–Trinajstić information content (AvgIpc) is 2.53. The fourth-order valence-electron chi connectivity index (χ4n) is 1.08. The van der Waals surface area contributed by atoms with Crippen LogP contribution < -0.4 is 0 Å². The molecule has 0 aliphatic heterocycles. The minimum atomic E-state index is -0.758. The second-order valence-corrected chi connectivity index (χ2v) is 3.96. The van der Waals surface area contributed by atoms with E-state index in [4.69, 9.17) is 5.11 Å². The molecular weight excluding hydrogens is 200 g/mol. The van der Waals surface area contributed by atoms with E-state index in [9.17, 15) is 4.79 Å². The Labute approximate surface area is 87.3 Å². The summed E-state index contributed by atoms with van der Waals surface area (Å²) in [4.78, 5) is 14.5. The van der Waals surface area contributed by atoms with Gasteiger partial charge in [0.2, 0.25) is 0 Å². The number of nitrogens with zero attached hydrogens (tertiary/aromatic N) is 2. The molecule has 4 nitrogen and oxygen atoms in total. The zero-order valence-electron chi connectivity index (χ0n) is 8.14. The SMILES string of the molecule is CCCn1ccnc1SCCC(=O)O. The van der Waals surface area contributed by atoms with Crippen LogP contribution in [0.15, 0.2) is 17.6 Å². The average molecular weight is 214 g/mol. The number of hydrogen-bond donors (Lipinski definition) is 1. The summed E-state index contributed by atoms with van der Waals surface area (Å²) in [5.74, 6) is -0.179. The van der Waals surface area contributed by atoms with Crippen LogP contribution in [0.4, 0.5) is 0 Å². The van der Waals surface area contributed by atoms with Crippen LogP contribution in [0.25, 0.3) is 0 Å². The number of imidazole rings is 1. The molecule has 0 aliphatic rings. The fraction of sp³-hybridized carbons (Fsp3) is 0.556. The van der Waals surface area contributed by atoms with E-state index in [-0.39, 0.29) is 6.42 Å². The Hall–Kier alpha value is -0.970. The third-order valence-corrected chi connectivity index (χ3v) is 2.70. The van der Waals surface area contributed by atoms with Gasteiger partial charge in [-0.05, 0) is 6.42 Å². The van der Waals surface area contributed by atoms with Gasteiger partial charge in [-0.3, -0.25) is 4.79 Å². The Morgan fingerprint density at radius 1 is 1.71 bits per heavy atom. The molecule has 14 heavy (non-hydrogen) atoms. The van der Waals surface area contributed by atoms with Gasteiger partial charge in [0.05, 0.1) is 6.42 Å². The molecule has 1 N–H and O–H groups in total. The van der Waals surface area contributed by atoms with Crippen LogP contribution in [-0.4, -0.2) is 26.4 Å². The summed E-state index contributed by atoms with van der Waals surface area (Å²) in [5.41, 5.74) is 0. The van der Waals surface area contributed by atoms with Gasteiger partial charge in [0.25, 0.3) is 0 Å². The van der Waals surface area contributed by atoms with Gasteiger partial charge in [0, 0.05) is 24.7 Å². The van der Waals surface area contributed by atoms with E-state index in [0.717, 1.165) is 18.1 Å². The smallest absolute Gasteiger partial charge is 0.304 e. The zero-order valence-corrected chi connectivity index (χ0v) is 8.96. The first kappa shape index (κ1) is 11.1. The van der Waals surface area contributed by atoms with Gasteiger partial charge in [-0.15, -0.1) is 0 Å². The van der Waals surface area contributed by atoms with Crippen molar-refractivity contribution in [3.05, 3.63) is 12.4 Å². The lowest BCUT2D eigenvalue weighted by molar-refractivity contribution is -0.136. The number of carbonyl (C=O) groups is 1. The molecule has 5 heteroatoms. The fourth-order valence-corrected chi connectivity index (χ4v) is 1.99. The van der Waals surface area contributed by atoms with Gasteiger partial charge in [-0.2, -0.15) is 0 Å². The number of hydrogen-bond acceptors (Lipinski definition) is 3. The standard InChI is InChI=1S/C9H14N2O2S/c1-2-5-11-6-4-10-9(11)14-7-3-8(12)13/h4,6H,2-3,5,7H2,1H3,(H,12,13). The van der Waals surface area contributed by atoms with Gasteiger partial charge in [-0.25, -0.2) is 4.98 Å². The van der Waals surface area contributed by atoms with Crippen molar-refractivity contribution in [2.75, 3.05) is 5.75 Å². The van der Waals surface area contributed by atoms with Crippen molar-refractivity contribution in [2.45, 2.75) is 31.5 Å². The first-order valence-electron chi connectivity index (χ1n) is 4.59. The molecule has 0 amide bonds. The van der Waals surface area contributed by atoms with Crippen LogP contribution in [0.5, 0.6) is 0 Å². The largest absolute Gasteiger partial charge is 0.481 e. The molecule has 0 fully saturated rings. The van der Waals surface area contributed by atoms with Crippen molar-refractivity contribution < 1.29 is 9.90 Å². The molecule has 0 aromatic carbocycles. The molecule has 0 bridgehead atoms. The van der Waals surface area contributed by atoms with E-state index in [1.165, 1.54) is 11.8 Å². The molecule has 78 valence electrons. The Bertz CT molecular complexity index is 299. The van der Waals surface area contributed by atoms with Crippen LogP contribution in [-0.2, 0) is 11.3 Å². The summed E-state index contributed by atoms with van der Waals surface area (Å²) < 4.78 is 2.05. The number of aliphatic carboxylic acids is 1. The number of thioether (sulfide) groups is 1. The van der Waals surface area contributed by atoms with E-state index in [1.54, 1.807) is 6.20 Å². The Kier molecular flexibility index (Phi) is 4.52. The molecule has 0 saturated heterocycles. The summed E-state index contributed by atoms with van der Waals surface area (Å²) in [6.07, 6.45) is 4.91. The minimum absolute atomic E-state index is 0.184. The third kappa shape index (κ3) is 3.41. The maximum absolute atomic E-state index is 10.3. The number of carboxylic acid groups (broad SMARTS) is 1. The molecule has 1 aromatic heterocycles. The first-order chi connectivity index (χ1) is 6.74. The highest BCUT2D eigenvalue weighted by Crippen LogP contribution is 2.16. The molecule has 0 aliphatic carbocycles. The van der Waals surface area contributed by atoms with E-state index < -0.39 is 5.97 Å². The Morgan fingerprint density at radius 2 is 2.50 bits per heavy atom. The molecule has 1 heterocycles.